The van der Waals surface area contributed by atoms with Crippen LogP contribution in [-0.2, 0) is 23.4 Å². The number of aromatic nitrogens is 2. The first-order valence-electron chi connectivity index (χ1n) is 10.7. The van der Waals surface area contributed by atoms with Gasteiger partial charge in [-0.1, -0.05) is 0 Å². The van der Waals surface area contributed by atoms with Gasteiger partial charge in [-0.2, -0.15) is 13.2 Å². The lowest BCUT2D eigenvalue weighted by atomic mass is 9.78. The van der Waals surface area contributed by atoms with Crippen LogP contribution < -0.4 is 22.1 Å². The molecule has 2 aromatic heterocycles. The van der Waals surface area contributed by atoms with Gasteiger partial charge in [-0.25, -0.2) is 15.0 Å². The lowest BCUT2D eigenvalue weighted by Gasteiger charge is -2.39. The Balaban J connectivity index is 2.01. The molecular weight excluding hydrogens is 461 g/mol. The number of carbonyl (C=O) groups excluding carboxylic acids is 1. The highest BCUT2D eigenvalue weighted by Crippen LogP contribution is 2.37. The second-order valence-electron chi connectivity index (χ2n) is 9.60. The minimum absolute atomic E-state index is 0.106. The Kier molecular flexibility index (Phi) is 6.73. The quantitative estimate of drug-likeness (QED) is 0.599. The van der Waals surface area contributed by atoms with Gasteiger partial charge >= 0.3 is 18.0 Å². The Bertz CT molecular complexity index is 1170. The van der Waals surface area contributed by atoms with E-state index in [2.05, 4.69) is 10.9 Å². The molecule has 12 heteroatoms. The molecule has 8 nitrogen and oxygen atoms in total. The average molecular weight is 491 g/mol. The van der Waals surface area contributed by atoms with Gasteiger partial charge in [0.15, 0.2) is 0 Å². The van der Waals surface area contributed by atoms with Crippen LogP contribution in [0.4, 0.5) is 18.0 Å². The minimum atomic E-state index is -4.44. The topological polar surface area (TPSA) is 94.4 Å². The number of nitrogens with one attached hydrogen (secondary N) is 2. The van der Waals surface area contributed by atoms with Gasteiger partial charge < -0.3 is 4.74 Å². The predicted molar refractivity (Wildman–Crippen MR) is 119 cm³/mol. The molecule has 2 heterocycles. The Morgan fingerprint density at radius 3 is 2.36 bits per heavy atom. The summed E-state index contributed by atoms with van der Waals surface area (Å²) in [5, 5.41) is 0.240. The zero-order valence-electron chi connectivity index (χ0n) is 19.3. The summed E-state index contributed by atoms with van der Waals surface area (Å²) in [5.74, 6) is 0. The van der Waals surface area contributed by atoms with Crippen molar-refractivity contribution in [2.24, 2.45) is 0 Å². The zero-order valence-corrected chi connectivity index (χ0v) is 20.1. The number of halogens is 3. The first kappa shape index (κ1) is 25.3. The normalized spacial score (nSPS) is 16.0. The first-order chi connectivity index (χ1) is 15.1. The van der Waals surface area contributed by atoms with E-state index in [0.29, 0.717) is 23.3 Å². The van der Waals surface area contributed by atoms with Gasteiger partial charge in [-0.15, -0.1) is 11.3 Å². The van der Waals surface area contributed by atoms with Crippen LogP contribution in [0.3, 0.4) is 0 Å². The van der Waals surface area contributed by atoms with Gasteiger partial charge in [-0.05, 0) is 59.4 Å². The monoisotopic (exact) mass is 490 g/mol. The lowest BCUT2D eigenvalue weighted by molar-refractivity contribution is -0.136. The molecule has 0 saturated heterocycles. The maximum atomic E-state index is 13.3. The van der Waals surface area contributed by atoms with Crippen molar-refractivity contribution in [1.29, 1.82) is 0 Å². The second-order valence-corrected chi connectivity index (χ2v) is 10.7. The summed E-state index contributed by atoms with van der Waals surface area (Å²) in [7, 11) is 0. The van der Waals surface area contributed by atoms with Crippen LogP contribution in [0, 0.1) is 6.92 Å². The molecule has 33 heavy (non-hydrogen) atoms. The summed E-state index contributed by atoms with van der Waals surface area (Å²) >= 11 is 1.07. The summed E-state index contributed by atoms with van der Waals surface area (Å²) in [5.41, 5.74) is 3.09. The molecule has 0 aromatic carbocycles. The molecule has 1 aliphatic carbocycles. The SMILES string of the molecule is Cc1c(CNNC(=O)OC(C)(C)C)sc2c1c(=O)n(C1(C)CCC1)c(=O)n2CCC(F)(F)F. The van der Waals surface area contributed by atoms with Crippen molar-refractivity contribution in [3.63, 3.8) is 0 Å². The van der Waals surface area contributed by atoms with Crippen molar-refractivity contribution in [1.82, 2.24) is 20.0 Å². The molecule has 184 valence electrons. The highest BCUT2D eigenvalue weighted by atomic mass is 32.1. The standard InChI is InChI=1S/C21H29F3N4O4S/c1-12-13(11-25-26-17(30)32-19(2,3)4)33-16-14(12)15(29)28(20(5)7-6-8-20)18(31)27(16)10-9-21(22,23)24/h25H,6-11H2,1-5H3,(H,26,30). The molecule has 0 aliphatic heterocycles. The number of hydrogen-bond acceptors (Lipinski definition) is 6. The van der Waals surface area contributed by atoms with Gasteiger partial charge in [0.25, 0.3) is 5.56 Å². The van der Waals surface area contributed by atoms with E-state index in [0.717, 1.165) is 26.9 Å². The maximum Gasteiger partial charge on any atom is 0.422 e. The van der Waals surface area contributed by atoms with E-state index in [9.17, 15) is 27.6 Å². The summed E-state index contributed by atoms with van der Waals surface area (Å²) in [6.45, 7) is 8.17. The highest BCUT2D eigenvalue weighted by molar-refractivity contribution is 7.18. The summed E-state index contributed by atoms with van der Waals surface area (Å²) in [4.78, 5) is 39.2. The number of aryl methyl sites for hydroxylation is 2. The van der Waals surface area contributed by atoms with Crippen LogP contribution in [0.1, 0.15) is 63.8 Å². The lowest BCUT2D eigenvalue weighted by Crippen LogP contribution is -2.53. The Labute approximate surface area is 192 Å². The van der Waals surface area contributed by atoms with Crippen molar-refractivity contribution in [3.05, 3.63) is 31.3 Å². The van der Waals surface area contributed by atoms with Gasteiger partial charge in [-0.3, -0.25) is 19.4 Å². The van der Waals surface area contributed by atoms with Crippen molar-refractivity contribution in [2.75, 3.05) is 0 Å². The molecule has 0 spiro atoms. The molecule has 3 rings (SSSR count). The smallest absolute Gasteiger partial charge is 0.422 e. The van der Waals surface area contributed by atoms with Crippen LogP contribution in [0.2, 0.25) is 0 Å². The summed E-state index contributed by atoms with van der Waals surface area (Å²) in [6.07, 6.45) is -4.24. The molecule has 0 unspecified atom stereocenters. The van der Waals surface area contributed by atoms with Crippen LogP contribution in [0.5, 0.6) is 0 Å². The first-order valence-corrected chi connectivity index (χ1v) is 11.5. The van der Waals surface area contributed by atoms with Crippen molar-refractivity contribution in [3.8, 4) is 0 Å². The van der Waals surface area contributed by atoms with Crippen LogP contribution in [0.25, 0.3) is 10.2 Å². The van der Waals surface area contributed by atoms with E-state index in [1.54, 1.807) is 34.6 Å². The average Bonchev–Trinajstić information content (AvgIpc) is 2.94. The number of hydrogen-bond donors (Lipinski definition) is 2. The highest BCUT2D eigenvalue weighted by Gasteiger charge is 2.38. The Hall–Kier alpha value is -2.34. The van der Waals surface area contributed by atoms with Crippen LogP contribution in [0.15, 0.2) is 9.59 Å². The van der Waals surface area contributed by atoms with Crippen molar-refractivity contribution < 1.29 is 22.7 Å². The minimum Gasteiger partial charge on any atom is -0.443 e. The molecule has 0 bridgehead atoms. The van der Waals surface area contributed by atoms with Gasteiger partial charge in [0.2, 0.25) is 0 Å². The van der Waals surface area contributed by atoms with E-state index in [1.807, 2.05) is 0 Å². The van der Waals surface area contributed by atoms with Crippen molar-refractivity contribution >= 4 is 27.6 Å². The number of hydrazine groups is 1. The number of amides is 1. The predicted octanol–water partition coefficient (Wildman–Crippen LogP) is 3.91. The number of carbonyl (C=O) groups is 1. The van der Waals surface area contributed by atoms with E-state index in [-0.39, 0.29) is 16.8 Å². The summed E-state index contributed by atoms with van der Waals surface area (Å²) < 4.78 is 46.2. The number of nitrogens with zero attached hydrogens (tertiary/aromatic N) is 2. The van der Waals surface area contributed by atoms with E-state index < -0.39 is 47.6 Å². The molecule has 2 aromatic rings. The largest absolute Gasteiger partial charge is 0.443 e. The molecule has 1 amide bonds. The van der Waals surface area contributed by atoms with Crippen molar-refractivity contribution in [2.45, 2.75) is 90.7 Å². The molecule has 2 N–H and O–H groups in total. The van der Waals surface area contributed by atoms with E-state index in [4.69, 9.17) is 4.74 Å². The number of fused-ring (bicyclic) bond motifs is 1. The van der Waals surface area contributed by atoms with Crippen LogP contribution in [-0.4, -0.2) is 27.0 Å². The third-order valence-electron chi connectivity index (χ3n) is 5.74. The van der Waals surface area contributed by atoms with Gasteiger partial charge in [0.05, 0.1) is 11.8 Å². The fraction of sp³-hybridized carbons (Fsp3) is 0.667. The summed E-state index contributed by atoms with van der Waals surface area (Å²) in [6, 6.07) is 0. The molecule has 0 radical (unpaired) electrons. The van der Waals surface area contributed by atoms with E-state index >= 15 is 0 Å². The van der Waals surface area contributed by atoms with Crippen LogP contribution >= 0.6 is 11.3 Å². The fourth-order valence-electron chi connectivity index (χ4n) is 3.89. The molecule has 1 fully saturated rings. The third-order valence-corrected chi connectivity index (χ3v) is 7.05. The molecule has 0 atom stereocenters. The maximum absolute atomic E-state index is 13.3. The molecular formula is C21H29F3N4O4S. The molecule has 1 saturated carbocycles. The third kappa shape index (κ3) is 5.43. The number of alkyl halides is 3. The zero-order chi connectivity index (χ0) is 24.8. The second kappa shape index (κ2) is 8.79. The van der Waals surface area contributed by atoms with E-state index in [1.165, 1.54) is 0 Å². The van der Waals surface area contributed by atoms with Gasteiger partial charge in [0, 0.05) is 23.5 Å². The molecule has 1 aliphatic rings. The Morgan fingerprint density at radius 1 is 1.21 bits per heavy atom. The van der Waals surface area contributed by atoms with Gasteiger partial charge in [0.1, 0.15) is 10.4 Å². The number of ether oxygens (including phenoxy) is 1. The number of rotatable bonds is 6. The number of thiophene rings is 1. The Morgan fingerprint density at radius 2 is 1.85 bits per heavy atom. The fourth-order valence-corrected chi connectivity index (χ4v) is 5.14.